The maximum absolute atomic E-state index is 11.9. The van der Waals surface area contributed by atoms with Gasteiger partial charge in [0.25, 0.3) is 5.91 Å². The highest BCUT2D eigenvalue weighted by Crippen LogP contribution is 2.15. The van der Waals surface area contributed by atoms with Gasteiger partial charge in [0.05, 0.1) is 18.6 Å². The van der Waals surface area contributed by atoms with E-state index in [9.17, 15) is 19.2 Å². The van der Waals surface area contributed by atoms with E-state index < -0.39 is 30.4 Å². The third-order valence-electron chi connectivity index (χ3n) is 3.71. The minimum absolute atomic E-state index is 0.117. The van der Waals surface area contributed by atoms with Gasteiger partial charge < -0.3 is 20.1 Å². The Morgan fingerprint density at radius 1 is 0.867 bits per heavy atom. The first-order valence-electron chi connectivity index (χ1n) is 9.15. The molecule has 0 saturated heterocycles. The number of benzene rings is 2. The minimum Gasteiger partial charge on any atom is -0.462 e. The molecule has 2 aromatic carbocycles. The topological polar surface area (TPSA) is 111 Å². The van der Waals surface area contributed by atoms with E-state index in [2.05, 4.69) is 10.6 Å². The Morgan fingerprint density at radius 2 is 1.57 bits per heavy atom. The van der Waals surface area contributed by atoms with Crippen LogP contribution in [0.15, 0.2) is 48.5 Å². The second-order valence-corrected chi connectivity index (χ2v) is 6.50. The normalized spacial score (nSPS) is 10.1. The molecular weight excluding hydrogens is 412 g/mol. The quantitative estimate of drug-likeness (QED) is 0.587. The first-order valence-corrected chi connectivity index (χ1v) is 9.53. The molecule has 2 aromatic rings. The Labute approximate surface area is 178 Å². The van der Waals surface area contributed by atoms with Crippen molar-refractivity contribution >= 4 is 46.7 Å². The van der Waals surface area contributed by atoms with E-state index in [0.717, 1.165) is 0 Å². The molecule has 158 valence electrons. The molecule has 0 radical (unpaired) electrons. The van der Waals surface area contributed by atoms with E-state index in [0.29, 0.717) is 22.0 Å². The van der Waals surface area contributed by atoms with E-state index >= 15 is 0 Å². The standard InChI is InChI=1S/C21H21ClN2O6/c1-2-29-21(28)14-6-8-16(9-7-14)23-18(25)10-11-20(27)30-13-19(26)24-17-5-3-4-15(22)12-17/h3-9,12H,2,10-11,13H2,1H3,(H,23,25)(H,24,26). The van der Waals surface area contributed by atoms with Crippen molar-refractivity contribution in [3.05, 3.63) is 59.1 Å². The number of esters is 2. The molecule has 0 atom stereocenters. The summed E-state index contributed by atoms with van der Waals surface area (Å²) >= 11 is 5.82. The van der Waals surface area contributed by atoms with Crippen LogP contribution in [0, 0.1) is 0 Å². The van der Waals surface area contributed by atoms with Crippen molar-refractivity contribution in [3.63, 3.8) is 0 Å². The Balaban J connectivity index is 1.69. The summed E-state index contributed by atoms with van der Waals surface area (Å²) < 4.78 is 9.74. The molecule has 0 spiro atoms. The highest BCUT2D eigenvalue weighted by Gasteiger charge is 2.12. The Hall–Kier alpha value is -3.39. The van der Waals surface area contributed by atoms with Crippen LogP contribution in [0.1, 0.15) is 30.1 Å². The Kier molecular flexibility index (Phi) is 8.83. The third-order valence-corrected chi connectivity index (χ3v) is 3.94. The summed E-state index contributed by atoms with van der Waals surface area (Å²) in [4.78, 5) is 47.1. The summed E-state index contributed by atoms with van der Waals surface area (Å²) in [6.07, 6.45) is -0.300. The van der Waals surface area contributed by atoms with Crippen LogP contribution in [-0.2, 0) is 23.9 Å². The number of carbonyl (C=O) groups is 4. The van der Waals surface area contributed by atoms with Crippen molar-refractivity contribution in [1.82, 2.24) is 0 Å². The van der Waals surface area contributed by atoms with Gasteiger partial charge in [0.2, 0.25) is 5.91 Å². The average molecular weight is 433 g/mol. The lowest BCUT2D eigenvalue weighted by atomic mass is 10.2. The lowest BCUT2D eigenvalue weighted by Crippen LogP contribution is -2.21. The summed E-state index contributed by atoms with van der Waals surface area (Å²) in [5.74, 6) is -2.04. The van der Waals surface area contributed by atoms with Gasteiger partial charge >= 0.3 is 11.9 Å². The number of rotatable bonds is 9. The molecule has 8 nitrogen and oxygen atoms in total. The zero-order chi connectivity index (χ0) is 21.9. The second-order valence-electron chi connectivity index (χ2n) is 6.07. The maximum Gasteiger partial charge on any atom is 0.338 e. The Morgan fingerprint density at radius 3 is 2.23 bits per heavy atom. The molecule has 0 aromatic heterocycles. The fourth-order valence-corrected chi connectivity index (χ4v) is 2.51. The van der Waals surface area contributed by atoms with Crippen molar-refractivity contribution in [2.45, 2.75) is 19.8 Å². The molecule has 0 saturated carbocycles. The van der Waals surface area contributed by atoms with Crippen molar-refractivity contribution in [1.29, 1.82) is 0 Å². The molecule has 0 aliphatic carbocycles. The van der Waals surface area contributed by atoms with Gasteiger partial charge in [-0.15, -0.1) is 0 Å². The molecule has 0 heterocycles. The number of nitrogens with one attached hydrogen (secondary N) is 2. The lowest BCUT2D eigenvalue weighted by molar-refractivity contribution is -0.147. The second kappa shape index (κ2) is 11.6. The van der Waals surface area contributed by atoms with E-state index in [-0.39, 0.29) is 19.4 Å². The summed E-state index contributed by atoms with van der Waals surface area (Å²) in [5.41, 5.74) is 1.33. The van der Waals surface area contributed by atoms with Crippen LogP contribution >= 0.6 is 11.6 Å². The zero-order valence-corrected chi connectivity index (χ0v) is 17.0. The lowest BCUT2D eigenvalue weighted by Gasteiger charge is -2.08. The average Bonchev–Trinajstić information content (AvgIpc) is 2.71. The monoisotopic (exact) mass is 432 g/mol. The predicted molar refractivity (Wildman–Crippen MR) is 111 cm³/mol. The predicted octanol–water partition coefficient (Wildman–Crippen LogP) is 3.42. The fraction of sp³-hybridized carbons (Fsp3) is 0.238. The summed E-state index contributed by atoms with van der Waals surface area (Å²) in [6.45, 7) is 1.52. The molecular formula is C21H21ClN2O6. The number of ether oxygens (including phenoxy) is 2. The van der Waals surface area contributed by atoms with E-state index in [1.165, 1.54) is 12.1 Å². The minimum atomic E-state index is -0.677. The smallest absolute Gasteiger partial charge is 0.338 e. The number of amides is 2. The van der Waals surface area contributed by atoms with E-state index in [1.54, 1.807) is 43.3 Å². The van der Waals surface area contributed by atoms with Gasteiger partial charge in [-0.1, -0.05) is 17.7 Å². The van der Waals surface area contributed by atoms with Crippen LogP contribution < -0.4 is 10.6 Å². The number of carbonyl (C=O) groups excluding carboxylic acids is 4. The number of halogens is 1. The SMILES string of the molecule is CCOC(=O)c1ccc(NC(=O)CCC(=O)OCC(=O)Nc2cccc(Cl)c2)cc1. The van der Waals surface area contributed by atoms with Crippen LogP contribution in [0.25, 0.3) is 0 Å². The maximum atomic E-state index is 11.9. The van der Waals surface area contributed by atoms with E-state index in [4.69, 9.17) is 21.1 Å². The molecule has 0 unspecified atom stereocenters. The van der Waals surface area contributed by atoms with Gasteiger partial charge in [-0.2, -0.15) is 0 Å². The van der Waals surface area contributed by atoms with Crippen LogP contribution in [0.3, 0.4) is 0 Å². The van der Waals surface area contributed by atoms with E-state index in [1.807, 2.05) is 0 Å². The zero-order valence-electron chi connectivity index (χ0n) is 16.3. The number of anilines is 2. The molecule has 0 fully saturated rings. The van der Waals surface area contributed by atoms with Crippen LogP contribution in [0.4, 0.5) is 11.4 Å². The number of hydrogen-bond donors (Lipinski definition) is 2. The van der Waals surface area contributed by atoms with Gasteiger partial charge in [0.1, 0.15) is 0 Å². The fourth-order valence-electron chi connectivity index (χ4n) is 2.32. The third kappa shape index (κ3) is 7.92. The molecule has 2 amide bonds. The number of hydrogen-bond acceptors (Lipinski definition) is 6. The summed E-state index contributed by atoms with van der Waals surface area (Å²) in [6, 6.07) is 12.7. The van der Waals surface area contributed by atoms with Crippen molar-refractivity contribution in [2.24, 2.45) is 0 Å². The van der Waals surface area contributed by atoms with Crippen molar-refractivity contribution < 1.29 is 28.7 Å². The van der Waals surface area contributed by atoms with Gasteiger partial charge in [0.15, 0.2) is 6.61 Å². The molecule has 0 aliphatic heterocycles. The van der Waals surface area contributed by atoms with Gasteiger partial charge in [-0.05, 0) is 49.4 Å². The van der Waals surface area contributed by atoms with Crippen LogP contribution in [0.5, 0.6) is 0 Å². The van der Waals surface area contributed by atoms with Gasteiger partial charge in [-0.25, -0.2) is 4.79 Å². The first kappa shape index (κ1) is 22.9. The molecule has 2 N–H and O–H groups in total. The van der Waals surface area contributed by atoms with Crippen LogP contribution in [0.2, 0.25) is 5.02 Å². The van der Waals surface area contributed by atoms with Gasteiger partial charge in [-0.3, -0.25) is 14.4 Å². The largest absolute Gasteiger partial charge is 0.462 e. The molecule has 0 aliphatic rings. The summed E-state index contributed by atoms with van der Waals surface area (Å²) in [5, 5.41) is 5.62. The first-order chi connectivity index (χ1) is 14.4. The molecule has 0 bridgehead atoms. The highest BCUT2D eigenvalue weighted by atomic mass is 35.5. The molecule has 2 rings (SSSR count). The van der Waals surface area contributed by atoms with Crippen molar-refractivity contribution in [3.8, 4) is 0 Å². The Bertz CT molecular complexity index is 914. The molecule has 9 heteroatoms. The van der Waals surface area contributed by atoms with Crippen molar-refractivity contribution in [2.75, 3.05) is 23.8 Å². The highest BCUT2D eigenvalue weighted by molar-refractivity contribution is 6.30. The summed E-state index contributed by atoms with van der Waals surface area (Å²) in [7, 11) is 0. The van der Waals surface area contributed by atoms with Gasteiger partial charge in [0, 0.05) is 22.8 Å². The van der Waals surface area contributed by atoms with Crippen LogP contribution in [-0.4, -0.2) is 37.0 Å². The molecule has 30 heavy (non-hydrogen) atoms.